The van der Waals surface area contributed by atoms with E-state index in [4.69, 9.17) is 5.73 Å². The van der Waals surface area contributed by atoms with Gasteiger partial charge in [0.2, 0.25) is 5.43 Å². The molecule has 7 nitrogen and oxygen atoms in total. The molecule has 0 radical (unpaired) electrons. The van der Waals surface area contributed by atoms with Crippen LogP contribution in [0.5, 0.6) is 0 Å². The zero-order valence-electron chi connectivity index (χ0n) is 14.1. The Bertz CT molecular complexity index is 1000. The summed E-state index contributed by atoms with van der Waals surface area (Å²) in [5, 5.41) is 9.31. The van der Waals surface area contributed by atoms with Gasteiger partial charge in [0, 0.05) is 31.4 Å². The van der Waals surface area contributed by atoms with Crippen molar-refractivity contribution in [1.82, 2.24) is 9.55 Å². The number of pyridine rings is 2. The van der Waals surface area contributed by atoms with Crippen LogP contribution in [0.25, 0.3) is 11.0 Å². The van der Waals surface area contributed by atoms with E-state index in [0.717, 1.165) is 25.3 Å². The molecule has 26 heavy (non-hydrogen) atoms. The number of carboxylic acid groups (broad SMARTS) is 1. The van der Waals surface area contributed by atoms with Gasteiger partial charge in [-0.2, -0.15) is 0 Å². The van der Waals surface area contributed by atoms with Crippen LogP contribution in [0.3, 0.4) is 0 Å². The number of hydrogen-bond acceptors (Lipinski definition) is 5. The lowest BCUT2D eigenvalue weighted by molar-refractivity contribution is 0.0695. The Kier molecular flexibility index (Phi) is 3.19. The summed E-state index contributed by atoms with van der Waals surface area (Å²) in [5.74, 6) is -0.702. The van der Waals surface area contributed by atoms with Crippen molar-refractivity contribution in [2.45, 2.75) is 31.3 Å². The molecule has 3 unspecified atom stereocenters. The molecular formula is C18H19FN4O3. The van der Waals surface area contributed by atoms with Crippen molar-refractivity contribution < 1.29 is 14.3 Å². The maximum atomic E-state index is 14.8. The number of halogens is 1. The number of aromatic carboxylic acids is 1. The Balaban J connectivity index is 1.68. The molecule has 2 saturated carbocycles. The highest BCUT2D eigenvalue weighted by atomic mass is 19.1. The number of aromatic nitrogens is 2. The van der Waals surface area contributed by atoms with Gasteiger partial charge in [-0.3, -0.25) is 4.79 Å². The molecule has 2 aromatic rings. The Morgan fingerprint density at radius 1 is 1.35 bits per heavy atom. The van der Waals surface area contributed by atoms with Crippen molar-refractivity contribution in [3.05, 3.63) is 33.9 Å². The van der Waals surface area contributed by atoms with Crippen molar-refractivity contribution >= 4 is 22.8 Å². The average molecular weight is 358 g/mol. The molecule has 0 amide bonds. The molecule has 3 fully saturated rings. The Hall–Kier alpha value is -2.48. The lowest BCUT2D eigenvalue weighted by Crippen LogP contribution is -2.45. The fourth-order valence-electron chi connectivity index (χ4n) is 4.17. The van der Waals surface area contributed by atoms with E-state index in [9.17, 15) is 19.1 Å². The molecule has 1 aliphatic heterocycles. The van der Waals surface area contributed by atoms with Gasteiger partial charge in [0.25, 0.3) is 0 Å². The first-order valence-corrected chi connectivity index (χ1v) is 8.93. The van der Waals surface area contributed by atoms with Gasteiger partial charge in [-0.15, -0.1) is 0 Å². The predicted octanol–water partition coefficient (Wildman–Crippen LogP) is 1.35. The molecule has 2 aliphatic carbocycles. The van der Waals surface area contributed by atoms with Gasteiger partial charge in [0.15, 0.2) is 11.6 Å². The van der Waals surface area contributed by atoms with E-state index in [2.05, 4.69) is 4.98 Å². The Labute approximate surface area is 148 Å². The van der Waals surface area contributed by atoms with Crippen LogP contribution in [0.15, 0.2) is 17.1 Å². The van der Waals surface area contributed by atoms with E-state index in [1.165, 1.54) is 6.20 Å². The minimum absolute atomic E-state index is 0.00524. The third kappa shape index (κ3) is 2.32. The largest absolute Gasteiger partial charge is 0.477 e. The van der Waals surface area contributed by atoms with E-state index in [1.54, 1.807) is 4.57 Å². The van der Waals surface area contributed by atoms with Crippen LogP contribution in [-0.4, -0.2) is 39.8 Å². The van der Waals surface area contributed by atoms with Gasteiger partial charge < -0.3 is 20.3 Å². The van der Waals surface area contributed by atoms with Gasteiger partial charge in [0.05, 0.1) is 5.39 Å². The summed E-state index contributed by atoms with van der Waals surface area (Å²) in [6.07, 6.45) is 4.20. The van der Waals surface area contributed by atoms with Crippen molar-refractivity contribution in [2.24, 2.45) is 17.6 Å². The summed E-state index contributed by atoms with van der Waals surface area (Å²) >= 11 is 0. The molecule has 136 valence electrons. The summed E-state index contributed by atoms with van der Waals surface area (Å²) in [7, 11) is 0. The molecular weight excluding hydrogens is 339 g/mol. The van der Waals surface area contributed by atoms with Crippen molar-refractivity contribution in [3.8, 4) is 0 Å². The zero-order valence-corrected chi connectivity index (χ0v) is 14.1. The second kappa shape index (κ2) is 5.26. The fourth-order valence-corrected chi connectivity index (χ4v) is 4.17. The number of carbonyl (C=O) groups is 1. The normalized spacial score (nSPS) is 27.5. The maximum Gasteiger partial charge on any atom is 0.341 e. The lowest BCUT2D eigenvalue weighted by Gasteiger charge is -2.31. The second-order valence-corrected chi connectivity index (χ2v) is 7.71. The zero-order chi connectivity index (χ0) is 18.2. The number of piperidine rings is 1. The van der Waals surface area contributed by atoms with E-state index in [0.29, 0.717) is 30.6 Å². The Morgan fingerprint density at radius 3 is 2.77 bits per heavy atom. The maximum absolute atomic E-state index is 14.8. The summed E-state index contributed by atoms with van der Waals surface area (Å²) in [5.41, 5.74) is 5.47. The average Bonchev–Trinajstić information content (AvgIpc) is 3.48. The van der Waals surface area contributed by atoms with Crippen LogP contribution >= 0.6 is 0 Å². The molecule has 0 spiro atoms. The van der Waals surface area contributed by atoms with Gasteiger partial charge in [-0.25, -0.2) is 14.2 Å². The molecule has 0 aromatic carbocycles. The highest BCUT2D eigenvalue weighted by Gasteiger charge is 2.47. The first-order valence-electron chi connectivity index (χ1n) is 8.93. The monoisotopic (exact) mass is 358 g/mol. The van der Waals surface area contributed by atoms with Gasteiger partial charge >= 0.3 is 5.97 Å². The van der Waals surface area contributed by atoms with Crippen LogP contribution in [0.2, 0.25) is 0 Å². The number of hydrogen-bond donors (Lipinski definition) is 2. The summed E-state index contributed by atoms with van der Waals surface area (Å²) < 4.78 is 16.5. The molecule has 3 heterocycles. The highest BCUT2D eigenvalue weighted by molar-refractivity contribution is 5.92. The SMILES string of the molecule is NC1CN(c2nc3c(cc2F)c(=O)c(C(=O)O)cn3C2CC2)CC2CC12. The minimum Gasteiger partial charge on any atom is -0.477 e. The topological polar surface area (TPSA) is 101 Å². The third-order valence-electron chi connectivity index (χ3n) is 5.82. The summed E-state index contributed by atoms with van der Waals surface area (Å²) in [6, 6.07) is 1.25. The van der Waals surface area contributed by atoms with E-state index in [1.807, 2.05) is 4.90 Å². The summed E-state index contributed by atoms with van der Waals surface area (Å²) in [6.45, 7) is 1.26. The molecule has 3 aliphatic rings. The number of rotatable bonds is 3. The smallest absolute Gasteiger partial charge is 0.341 e. The number of fused-ring (bicyclic) bond motifs is 2. The van der Waals surface area contributed by atoms with Gasteiger partial charge in [-0.1, -0.05) is 0 Å². The molecule has 3 atom stereocenters. The lowest BCUT2D eigenvalue weighted by atomic mass is 10.1. The van der Waals surface area contributed by atoms with Crippen molar-refractivity contribution in [2.75, 3.05) is 18.0 Å². The predicted molar refractivity (Wildman–Crippen MR) is 93.0 cm³/mol. The van der Waals surface area contributed by atoms with Crippen molar-refractivity contribution in [3.63, 3.8) is 0 Å². The first-order chi connectivity index (χ1) is 12.4. The summed E-state index contributed by atoms with van der Waals surface area (Å²) in [4.78, 5) is 30.2. The standard InChI is InChI=1S/C18H19FN4O3/c19-13-4-11-15(24)12(18(25)26)6-23(9-1-2-9)16(11)21-17(13)22-5-8-3-10(8)14(20)7-22/h4,6,8-10,14H,1-3,5,7,20H2,(H,25,26). The minimum atomic E-state index is -1.31. The number of carboxylic acids is 1. The van der Waals surface area contributed by atoms with E-state index >= 15 is 0 Å². The number of nitrogens with zero attached hydrogens (tertiary/aromatic N) is 3. The molecule has 3 N–H and O–H groups in total. The molecule has 8 heteroatoms. The number of nitrogens with two attached hydrogens (primary N) is 1. The first kappa shape index (κ1) is 15.7. The highest BCUT2D eigenvalue weighted by Crippen LogP contribution is 2.45. The van der Waals surface area contributed by atoms with Gasteiger partial charge in [0.1, 0.15) is 11.2 Å². The van der Waals surface area contributed by atoms with E-state index < -0.39 is 17.2 Å². The molecule has 5 rings (SSSR count). The fraction of sp³-hybridized carbons (Fsp3) is 0.500. The van der Waals surface area contributed by atoms with E-state index in [-0.39, 0.29) is 28.9 Å². The van der Waals surface area contributed by atoms with Crippen LogP contribution in [0.4, 0.5) is 10.2 Å². The third-order valence-corrected chi connectivity index (χ3v) is 5.82. The van der Waals surface area contributed by atoms with Crippen LogP contribution < -0.4 is 16.1 Å². The quantitative estimate of drug-likeness (QED) is 0.859. The van der Waals surface area contributed by atoms with Crippen LogP contribution in [0.1, 0.15) is 35.7 Å². The molecule has 0 bridgehead atoms. The van der Waals surface area contributed by atoms with Crippen molar-refractivity contribution in [1.29, 1.82) is 0 Å². The Morgan fingerprint density at radius 2 is 2.12 bits per heavy atom. The molecule has 1 saturated heterocycles. The van der Waals surface area contributed by atoms with Crippen LogP contribution in [0, 0.1) is 17.7 Å². The number of anilines is 1. The molecule has 2 aromatic heterocycles. The second-order valence-electron chi connectivity index (χ2n) is 7.71. The van der Waals surface area contributed by atoms with Crippen LogP contribution in [-0.2, 0) is 0 Å². The van der Waals surface area contributed by atoms with Gasteiger partial charge in [-0.05, 0) is 37.2 Å².